The van der Waals surface area contributed by atoms with Crippen LogP contribution in [0.1, 0.15) is 87.5 Å². The van der Waals surface area contributed by atoms with Crippen LogP contribution in [-0.2, 0) is 24.1 Å². The Balaban J connectivity index is 1.91. The number of nitrogens with one attached hydrogen (secondary N) is 1. The highest BCUT2D eigenvalue weighted by Gasteiger charge is 2.83. The number of rotatable bonds is 12. The molecular weight excluding hydrogens is 558 g/mol. The van der Waals surface area contributed by atoms with E-state index in [0.29, 0.717) is 0 Å². The van der Waals surface area contributed by atoms with E-state index >= 15 is 4.39 Å². The van der Waals surface area contributed by atoms with E-state index in [2.05, 4.69) is 78.0 Å². The van der Waals surface area contributed by atoms with E-state index in [0.717, 1.165) is 25.7 Å². The number of carbonyl (C=O) groups is 1. The van der Waals surface area contributed by atoms with Gasteiger partial charge in [0.2, 0.25) is 5.91 Å². The fraction of sp³-hybridized carbons (Fsp3) is 0.833. The van der Waals surface area contributed by atoms with E-state index in [1.165, 1.54) is 10.8 Å². The third-order valence-electron chi connectivity index (χ3n) is 9.89. The molecule has 41 heavy (non-hydrogen) atoms. The fourth-order valence-electron chi connectivity index (χ4n) is 5.09. The molecule has 1 N–H and O–H groups in total. The van der Waals surface area contributed by atoms with Crippen LogP contribution in [0, 0.1) is 5.92 Å². The van der Waals surface area contributed by atoms with Gasteiger partial charge in [-0.25, -0.2) is 9.18 Å². The SMILES string of the molecule is CCCC(CCC)C(=O)Nc1ccn(C23CC2(F)C(O[Si](C)(C)C(C)(C)C)[C@@H](CO[Si](C)(C)C(C)(C)C)O3)c(=O)n1. The van der Waals surface area contributed by atoms with Crippen molar-refractivity contribution in [1.29, 1.82) is 0 Å². The normalized spacial score (nSPS) is 26.8. The maximum atomic E-state index is 16.9. The molecule has 3 unspecified atom stereocenters. The smallest absolute Gasteiger partial charge is 0.351 e. The van der Waals surface area contributed by atoms with Gasteiger partial charge in [-0.3, -0.25) is 9.36 Å². The van der Waals surface area contributed by atoms with E-state index in [-0.39, 0.29) is 40.7 Å². The van der Waals surface area contributed by atoms with Crippen molar-refractivity contribution in [2.45, 2.75) is 147 Å². The number of amides is 1. The minimum Gasteiger partial charge on any atom is -0.414 e. The van der Waals surface area contributed by atoms with Crippen LogP contribution in [0.15, 0.2) is 17.1 Å². The first-order chi connectivity index (χ1) is 18.7. The number of aromatic nitrogens is 2. The van der Waals surface area contributed by atoms with Gasteiger partial charge in [-0.05, 0) is 55.2 Å². The molecule has 0 spiro atoms. The summed E-state index contributed by atoms with van der Waals surface area (Å²) in [6.07, 6.45) is 3.27. The van der Waals surface area contributed by atoms with Crippen LogP contribution in [0.2, 0.25) is 36.3 Å². The number of anilines is 1. The van der Waals surface area contributed by atoms with Gasteiger partial charge in [-0.1, -0.05) is 68.2 Å². The molecule has 1 amide bonds. The van der Waals surface area contributed by atoms with Gasteiger partial charge in [0, 0.05) is 18.5 Å². The molecule has 8 nitrogen and oxygen atoms in total. The van der Waals surface area contributed by atoms with Gasteiger partial charge < -0.3 is 18.9 Å². The van der Waals surface area contributed by atoms with Gasteiger partial charge in [-0.15, -0.1) is 0 Å². The summed E-state index contributed by atoms with van der Waals surface area (Å²) in [6.45, 7) is 25.6. The van der Waals surface area contributed by atoms with E-state index in [9.17, 15) is 9.59 Å². The summed E-state index contributed by atoms with van der Waals surface area (Å²) < 4.78 is 37.8. The zero-order valence-corrected chi connectivity index (χ0v) is 29.4. The highest BCUT2D eigenvalue weighted by Crippen LogP contribution is 2.67. The van der Waals surface area contributed by atoms with Crippen LogP contribution in [0.25, 0.3) is 0 Å². The van der Waals surface area contributed by atoms with Crippen molar-refractivity contribution in [3.8, 4) is 0 Å². The molecule has 1 aromatic rings. The molecule has 0 aromatic carbocycles. The Morgan fingerprint density at radius 1 is 1.12 bits per heavy atom. The minimum atomic E-state index is -2.40. The van der Waals surface area contributed by atoms with Gasteiger partial charge in [0.15, 0.2) is 28.0 Å². The molecule has 234 valence electrons. The predicted molar refractivity (Wildman–Crippen MR) is 167 cm³/mol. The molecule has 1 aromatic heterocycles. The zero-order valence-electron chi connectivity index (χ0n) is 27.4. The topological polar surface area (TPSA) is 91.7 Å². The average Bonchev–Trinajstić information content (AvgIpc) is 3.36. The molecular formula is C30H54FN3O5Si2. The Morgan fingerprint density at radius 2 is 1.68 bits per heavy atom. The number of ether oxygens (including phenoxy) is 1. The molecule has 1 saturated heterocycles. The van der Waals surface area contributed by atoms with Gasteiger partial charge in [0.25, 0.3) is 0 Å². The minimum absolute atomic E-state index is 0.00174. The van der Waals surface area contributed by atoms with E-state index in [1.54, 1.807) is 6.07 Å². The average molecular weight is 612 g/mol. The molecule has 11 heteroatoms. The summed E-state index contributed by atoms with van der Waals surface area (Å²) in [5, 5.41) is 2.63. The zero-order chi connectivity index (χ0) is 31.2. The summed E-state index contributed by atoms with van der Waals surface area (Å²) in [4.78, 5) is 30.2. The number of halogens is 1. The molecule has 2 aliphatic rings. The Morgan fingerprint density at radius 3 is 2.17 bits per heavy atom. The molecule has 4 atom stereocenters. The Hall–Kier alpha value is -1.41. The lowest BCUT2D eigenvalue weighted by atomic mass is 9.97. The summed E-state index contributed by atoms with van der Waals surface area (Å²) >= 11 is 0. The van der Waals surface area contributed by atoms with Crippen molar-refractivity contribution in [2.24, 2.45) is 5.92 Å². The quantitative estimate of drug-likeness (QED) is 0.257. The summed E-state index contributed by atoms with van der Waals surface area (Å²) in [5.41, 5.74) is -4.07. The third-order valence-corrected chi connectivity index (χ3v) is 18.8. The Kier molecular flexibility index (Phi) is 9.64. The first-order valence-electron chi connectivity index (χ1n) is 15.3. The number of nitrogens with zero attached hydrogens (tertiary/aromatic N) is 2. The molecule has 2 heterocycles. The van der Waals surface area contributed by atoms with Crippen molar-refractivity contribution in [3.63, 3.8) is 0 Å². The number of alkyl halides is 1. The van der Waals surface area contributed by atoms with E-state index in [4.69, 9.17) is 13.6 Å². The number of hydrogen-bond acceptors (Lipinski definition) is 6. The van der Waals surface area contributed by atoms with Crippen molar-refractivity contribution in [2.75, 3.05) is 11.9 Å². The monoisotopic (exact) mass is 611 g/mol. The number of fused-ring (bicyclic) bond motifs is 1. The highest BCUT2D eigenvalue weighted by atomic mass is 28.4. The van der Waals surface area contributed by atoms with Crippen molar-refractivity contribution < 1.29 is 22.8 Å². The molecule has 1 aliphatic carbocycles. The van der Waals surface area contributed by atoms with E-state index in [1.807, 2.05) is 13.8 Å². The molecule has 0 bridgehead atoms. The maximum absolute atomic E-state index is 16.9. The highest BCUT2D eigenvalue weighted by molar-refractivity contribution is 6.74. The van der Waals surface area contributed by atoms with Crippen molar-refractivity contribution in [3.05, 3.63) is 22.7 Å². The molecule has 3 rings (SSSR count). The van der Waals surface area contributed by atoms with Gasteiger partial charge >= 0.3 is 5.69 Å². The number of hydrogen-bond donors (Lipinski definition) is 1. The maximum Gasteiger partial charge on any atom is 0.351 e. The van der Waals surface area contributed by atoms with Crippen LogP contribution in [0.5, 0.6) is 0 Å². The van der Waals surface area contributed by atoms with Crippen molar-refractivity contribution in [1.82, 2.24) is 9.55 Å². The third kappa shape index (κ3) is 6.58. The molecule has 2 fully saturated rings. The lowest BCUT2D eigenvalue weighted by molar-refractivity contribution is -0.120. The van der Waals surface area contributed by atoms with Crippen LogP contribution in [0.3, 0.4) is 0 Å². The van der Waals surface area contributed by atoms with Gasteiger partial charge in [0.1, 0.15) is 18.0 Å². The Labute approximate surface area is 248 Å². The standard InChI is InChI=1S/C30H54FN3O5Si2/c1-13-15-21(16-14-2)25(35)32-23-17-18-34(26(36)33-23)30-20-29(30,31)24(39-41(11,12)28(6,7)8)22(38-30)19-37-40(9,10)27(3,4)5/h17-18,21-22,24H,13-16,19-20H2,1-12H3,(H,32,33,35,36)/t22-,24?,29?,30?/m1/s1. The first kappa shape index (κ1) is 34.1. The van der Waals surface area contributed by atoms with Crippen LogP contribution in [-0.4, -0.2) is 56.6 Å². The van der Waals surface area contributed by atoms with Gasteiger partial charge in [0.05, 0.1) is 6.61 Å². The largest absolute Gasteiger partial charge is 0.414 e. The lowest BCUT2D eigenvalue weighted by Crippen LogP contribution is -2.52. The first-order valence-corrected chi connectivity index (χ1v) is 21.1. The summed E-state index contributed by atoms with van der Waals surface area (Å²) in [6, 6.07) is 1.55. The second-order valence-electron chi connectivity index (χ2n) is 15.1. The van der Waals surface area contributed by atoms with Gasteiger partial charge in [-0.2, -0.15) is 4.98 Å². The number of carbonyl (C=O) groups excluding carboxylic acids is 1. The van der Waals surface area contributed by atoms with Crippen molar-refractivity contribution >= 4 is 28.4 Å². The second-order valence-corrected chi connectivity index (χ2v) is 24.6. The fourth-order valence-corrected chi connectivity index (χ4v) is 7.43. The van der Waals surface area contributed by atoms with Crippen LogP contribution in [0.4, 0.5) is 10.2 Å². The summed E-state index contributed by atoms with van der Waals surface area (Å²) in [5.74, 6) is -0.117. The molecule has 1 saturated carbocycles. The summed E-state index contributed by atoms with van der Waals surface area (Å²) in [7, 11) is -4.56. The lowest BCUT2D eigenvalue weighted by Gasteiger charge is -2.41. The Bertz CT molecular complexity index is 1160. The molecule has 1 aliphatic heterocycles. The predicted octanol–water partition coefficient (Wildman–Crippen LogP) is 6.97. The molecule has 0 radical (unpaired) electrons. The van der Waals surface area contributed by atoms with E-state index < -0.39 is 45.9 Å². The van der Waals surface area contributed by atoms with Crippen LogP contribution < -0.4 is 11.0 Å². The van der Waals surface area contributed by atoms with Crippen LogP contribution >= 0.6 is 0 Å². The second kappa shape index (κ2) is 11.6.